The van der Waals surface area contributed by atoms with E-state index in [0.717, 1.165) is 27.8 Å². The van der Waals surface area contributed by atoms with Gasteiger partial charge in [-0.05, 0) is 39.0 Å². The highest BCUT2D eigenvalue weighted by molar-refractivity contribution is 6.06. The summed E-state index contributed by atoms with van der Waals surface area (Å²) in [5.41, 5.74) is 4.68. The van der Waals surface area contributed by atoms with E-state index in [4.69, 9.17) is 0 Å². The van der Waals surface area contributed by atoms with Crippen LogP contribution in [0.25, 0.3) is 22.1 Å². The van der Waals surface area contributed by atoms with Gasteiger partial charge in [-0.25, -0.2) is 9.97 Å². The summed E-state index contributed by atoms with van der Waals surface area (Å²) in [6.07, 6.45) is 0. The summed E-state index contributed by atoms with van der Waals surface area (Å²) in [7, 11) is 1.85. The number of carbonyl (C=O) groups excluding carboxylic acids is 1. The van der Waals surface area contributed by atoms with E-state index in [2.05, 4.69) is 20.4 Å². The minimum absolute atomic E-state index is 0.217. The summed E-state index contributed by atoms with van der Waals surface area (Å²) in [5, 5.41) is 8.20. The molecule has 4 rings (SSSR count). The Labute approximate surface area is 150 Å². The number of aryl methyl sites for hydroxylation is 4. The molecule has 7 heteroatoms. The summed E-state index contributed by atoms with van der Waals surface area (Å²) in [6.45, 7) is 6.49. The van der Waals surface area contributed by atoms with Crippen molar-refractivity contribution in [2.24, 2.45) is 7.05 Å². The van der Waals surface area contributed by atoms with Crippen molar-refractivity contribution in [3.63, 3.8) is 0 Å². The predicted octanol–water partition coefficient (Wildman–Crippen LogP) is 3.21. The molecule has 3 heterocycles. The number of hydrogen-bond acceptors (Lipinski definition) is 4. The lowest BCUT2D eigenvalue weighted by molar-refractivity contribution is 0.102. The lowest BCUT2D eigenvalue weighted by Gasteiger charge is -2.09. The Morgan fingerprint density at radius 2 is 1.92 bits per heavy atom. The average molecular weight is 348 g/mol. The van der Waals surface area contributed by atoms with Gasteiger partial charge in [0, 0.05) is 19.0 Å². The second kappa shape index (κ2) is 5.94. The SMILES string of the molecule is CCn1c(NC(=O)c2cc3c(C)nn(C)c3nc2C)nc2ccccc21. The number of imidazole rings is 1. The Morgan fingerprint density at radius 1 is 1.15 bits per heavy atom. The average Bonchev–Trinajstić information content (AvgIpc) is 3.10. The van der Waals surface area contributed by atoms with E-state index >= 15 is 0 Å². The molecule has 1 N–H and O–H groups in total. The van der Waals surface area contributed by atoms with Crippen LogP contribution in [0, 0.1) is 13.8 Å². The van der Waals surface area contributed by atoms with Crippen LogP contribution < -0.4 is 5.32 Å². The van der Waals surface area contributed by atoms with Gasteiger partial charge >= 0.3 is 0 Å². The standard InChI is InChI=1S/C19H20N6O/c1-5-25-16-9-7-6-8-15(16)21-19(25)22-18(26)14-10-13-12(3)23-24(4)17(13)20-11(14)2/h6-10H,5H2,1-4H3,(H,21,22,26). The third-order valence-corrected chi connectivity index (χ3v) is 4.63. The van der Waals surface area contributed by atoms with E-state index in [1.807, 2.05) is 62.7 Å². The number of nitrogens with one attached hydrogen (secondary N) is 1. The molecule has 26 heavy (non-hydrogen) atoms. The molecule has 3 aromatic heterocycles. The topological polar surface area (TPSA) is 77.6 Å². The van der Waals surface area contributed by atoms with Crippen molar-refractivity contribution in [2.75, 3.05) is 5.32 Å². The first-order valence-corrected chi connectivity index (χ1v) is 8.57. The number of carbonyl (C=O) groups is 1. The number of amides is 1. The second-order valence-corrected chi connectivity index (χ2v) is 6.32. The van der Waals surface area contributed by atoms with Crippen molar-refractivity contribution < 1.29 is 4.79 Å². The Morgan fingerprint density at radius 3 is 2.69 bits per heavy atom. The summed E-state index contributed by atoms with van der Waals surface area (Å²) in [5.74, 6) is 0.325. The van der Waals surface area contributed by atoms with Gasteiger partial charge in [0.1, 0.15) is 0 Å². The maximum atomic E-state index is 12.9. The van der Waals surface area contributed by atoms with Gasteiger partial charge < -0.3 is 4.57 Å². The smallest absolute Gasteiger partial charge is 0.259 e. The largest absolute Gasteiger partial charge is 0.310 e. The van der Waals surface area contributed by atoms with Crippen LogP contribution in [0.1, 0.15) is 28.7 Å². The van der Waals surface area contributed by atoms with Gasteiger partial charge in [0.2, 0.25) is 5.95 Å². The van der Waals surface area contributed by atoms with Crippen LogP contribution in [0.3, 0.4) is 0 Å². The number of para-hydroxylation sites is 2. The van der Waals surface area contributed by atoms with Crippen LogP contribution >= 0.6 is 0 Å². The second-order valence-electron chi connectivity index (χ2n) is 6.32. The number of fused-ring (bicyclic) bond motifs is 2. The lowest BCUT2D eigenvalue weighted by atomic mass is 10.1. The van der Waals surface area contributed by atoms with Crippen molar-refractivity contribution in [3.05, 3.63) is 47.3 Å². The zero-order valence-electron chi connectivity index (χ0n) is 15.2. The Hall–Kier alpha value is -3.22. The molecule has 0 aliphatic heterocycles. The first-order chi connectivity index (χ1) is 12.5. The maximum absolute atomic E-state index is 12.9. The van der Waals surface area contributed by atoms with Crippen molar-refractivity contribution in [1.82, 2.24) is 24.3 Å². The maximum Gasteiger partial charge on any atom is 0.259 e. The molecule has 0 spiro atoms. The van der Waals surface area contributed by atoms with Crippen LogP contribution in [0.5, 0.6) is 0 Å². The zero-order valence-corrected chi connectivity index (χ0v) is 15.2. The number of aromatic nitrogens is 5. The molecule has 0 unspecified atom stereocenters. The summed E-state index contributed by atoms with van der Waals surface area (Å²) >= 11 is 0. The van der Waals surface area contributed by atoms with Gasteiger partial charge in [0.05, 0.1) is 28.0 Å². The highest BCUT2D eigenvalue weighted by Gasteiger charge is 2.18. The molecule has 0 fully saturated rings. The van der Waals surface area contributed by atoms with E-state index < -0.39 is 0 Å². The molecule has 0 saturated heterocycles. The number of benzene rings is 1. The number of nitrogens with zero attached hydrogens (tertiary/aromatic N) is 5. The molecule has 0 atom stereocenters. The monoisotopic (exact) mass is 348 g/mol. The summed E-state index contributed by atoms with van der Waals surface area (Å²) < 4.78 is 3.72. The molecule has 1 aromatic carbocycles. The summed E-state index contributed by atoms with van der Waals surface area (Å²) in [4.78, 5) is 22.0. The highest BCUT2D eigenvalue weighted by atomic mass is 16.1. The van der Waals surface area contributed by atoms with Gasteiger partial charge in [-0.15, -0.1) is 0 Å². The van der Waals surface area contributed by atoms with Gasteiger partial charge in [0.25, 0.3) is 5.91 Å². The fourth-order valence-electron chi connectivity index (χ4n) is 3.32. The molecule has 0 radical (unpaired) electrons. The highest BCUT2D eigenvalue weighted by Crippen LogP contribution is 2.22. The van der Waals surface area contributed by atoms with Crippen LogP contribution in [-0.4, -0.2) is 30.2 Å². The van der Waals surface area contributed by atoms with Crippen molar-refractivity contribution in [3.8, 4) is 0 Å². The van der Waals surface area contributed by atoms with Crippen LogP contribution in [0.15, 0.2) is 30.3 Å². The first kappa shape index (κ1) is 16.3. The van der Waals surface area contributed by atoms with Crippen molar-refractivity contribution in [2.45, 2.75) is 27.3 Å². The molecule has 0 saturated carbocycles. The molecule has 132 valence electrons. The Balaban J connectivity index is 1.76. The predicted molar refractivity (Wildman–Crippen MR) is 101 cm³/mol. The normalized spacial score (nSPS) is 11.4. The van der Waals surface area contributed by atoms with Crippen LogP contribution in [0.4, 0.5) is 5.95 Å². The fraction of sp³-hybridized carbons (Fsp3) is 0.263. The molecular weight excluding hydrogens is 328 g/mol. The minimum Gasteiger partial charge on any atom is -0.310 e. The van der Waals surface area contributed by atoms with Crippen molar-refractivity contribution in [1.29, 1.82) is 0 Å². The third kappa shape index (κ3) is 2.44. The number of pyridine rings is 1. The number of anilines is 1. The van der Waals surface area contributed by atoms with E-state index in [9.17, 15) is 4.79 Å². The van der Waals surface area contributed by atoms with Crippen molar-refractivity contribution >= 4 is 33.9 Å². The van der Waals surface area contributed by atoms with Gasteiger partial charge in [0.15, 0.2) is 5.65 Å². The van der Waals surface area contributed by atoms with E-state index in [-0.39, 0.29) is 5.91 Å². The first-order valence-electron chi connectivity index (χ1n) is 8.57. The molecular formula is C19H20N6O. The van der Waals surface area contributed by atoms with Crippen LogP contribution in [0.2, 0.25) is 0 Å². The molecule has 1 amide bonds. The summed E-state index contributed by atoms with van der Waals surface area (Å²) in [6, 6.07) is 9.70. The Bertz CT molecular complexity index is 1150. The lowest BCUT2D eigenvalue weighted by Crippen LogP contribution is -2.17. The van der Waals surface area contributed by atoms with Gasteiger partial charge in [-0.2, -0.15) is 5.10 Å². The van der Waals surface area contributed by atoms with Gasteiger partial charge in [-0.1, -0.05) is 12.1 Å². The molecule has 0 aliphatic rings. The molecule has 0 aliphatic carbocycles. The number of rotatable bonds is 3. The van der Waals surface area contributed by atoms with E-state index in [0.29, 0.717) is 23.8 Å². The van der Waals surface area contributed by atoms with E-state index in [1.54, 1.807) is 4.68 Å². The van der Waals surface area contributed by atoms with Crippen LogP contribution in [-0.2, 0) is 13.6 Å². The molecule has 7 nitrogen and oxygen atoms in total. The van der Waals surface area contributed by atoms with E-state index in [1.165, 1.54) is 0 Å². The zero-order chi connectivity index (χ0) is 18.4. The molecule has 4 aromatic rings. The quantitative estimate of drug-likeness (QED) is 0.617. The Kier molecular flexibility index (Phi) is 3.72. The fourth-order valence-corrected chi connectivity index (χ4v) is 3.32. The van der Waals surface area contributed by atoms with Gasteiger partial charge in [-0.3, -0.25) is 14.8 Å². The number of hydrogen-bond donors (Lipinski definition) is 1. The third-order valence-electron chi connectivity index (χ3n) is 4.63. The minimum atomic E-state index is -0.217. The molecule has 0 bridgehead atoms.